The molecule has 2 aliphatic rings. The average molecular weight is 392 g/mol. The second-order valence-electron chi connectivity index (χ2n) is 9.27. The summed E-state index contributed by atoms with van der Waals surface area (Å²) in [5.41, 5.74) is 1.61. The zero-order valence-electron chi connectivity index (χ0n) is 17.4. The van der Waals surface area contributed by atoms with Gasteiger partial charge in [-0.05, 0) is 38.3 Å². The molecule has 152 valence electrons. The molecule has 1 aliphatic heterocycles. The second kappa shape index (κ2) is 7.33. The van der Waals surface area contributed by atoms with Crippen LogP contribution in [0, 0.1) is 11.8 Å². The molecule has 0 aromatic heterocycles. The molecule has 4 nitrogen and oxygen atoms in total. The minimum atomic E-state index is -0.551. The maximum absolute atomic E-state index is 12.9. The van der Waals surface area contributed by atoms with Crippen molar-refractivity contribution >= 4 is 11.9 Å². The van der Waals surface area contributed by atoms with Gasteiger partial charge in [0.05, 0.1) is 0 Å². The number of rotatable bonds is 2. The lowest BCUT2D eigenvalue weighted by Crippen LogP contribution is -2.47. The highest BCUT2D eigenvalue weighted by Gasteiger charge is 2.55. The van der Waals surface area contributed by atoms with Crippen molar-refractivity contribution in [1.29, 1.82) is 0 Å². The fourth-order valence-corrected chi connectivity index (χ4v) is 5.15. The van der Waals surface area contributed by atoms with Gasteiger partial charge in [-0.25, -0.2) is 4.79 Å². The first-order valence-corrected chi connectivity index (χ1v) is 10.4. The summed E-state index contributed by atoms with van der Waals surface area (Å²) >= 11 is 0. The molecule has 2 fully saturated rings. The van der Waals surface area contributed by atoms with Gasteiger partial charge in [-0.2, -0.15) is 0 Å². The SMILES string of the molecule is CC(C)(C)OC(=O)N1C[C@H]2C(=O)CCC(c3ccccc3)(c3ccccc3)[C@H]2C1. The zero-order valence-corrected chi connectivity index (χ0v) is 17.4. The normalized spacial score (nSPS) is 23.6. The zero-order chi connectivity index (χ0) is 20.6. The molecule has 2 aromatic carbocycles. The van der Waals surface area contributed by atoms with Gasteiger partial charge in [0.1, 0.15) is 11.4 Å². The monoisotopic (exact) mass is 391 g/mol. The van der Waals surface area contributed by atoms with E-state index < -0.39 is 5.60 Å². The number of likely N-dealkylation sites (tertiary alicyclic amines) is 1. The molecular weight excluding hydrogens is 362 g/mol. The van der Waals surface area contributed by atoms with Crippen molar-refractivity contribution < 1.29 is 14.3 Å². The second-order valence-corrected chi connectivity index (χ2v) is 9.27. The van der Waals surface area contributed by atoms with Gasteiger partial charge in [0, 0.05) is 36.8 Å². The van der Waals surface area contributed by atoms with Crippen molar-refractivity contribution in [3.8, 4) is 0 Å². The van der Waals surface area contributed by atoms with E-state index in [4.69, 9.17) is 4.74 Å². The van der Waals surface area contributed by atoms with Crippen LogP contribution in [0.4, 0.5) is 4.79 Å². The third kappa shape index (κ3) is 3.57. The van der Waals surface area contributed by atoms with Gasteiger partial charge in [-0.1, -0.05) is 60.7 Å². The summed E-state index contributed by atoms with van der Waals surface area (Å²) in [6, 6.07) is 20.9. The minimum absolute atomic E-state index is 0.0427. The number of Topliss-reactive ketones (excluding diaryl/α,β-unsaturated/α-hetero) is 1. The van der Waals surface area contributed by atoms with Crippen molar-refractivity contribution in [1.82, 2.24) is 4.90 Å². The van der Waals surface area contributed by atoms with Gasteiger partial charge in [-0.3, -0.25) is 4.79 Å². The predicted molar refractivity (Wildman–Crippen MR) is 113 cm³/mol. The largest absolute Gasteiger partial charge is 0.444 e. The molecule has 2 atom stereocenters. The molecule has 1 amide bonds. The van der Waals surface area contributed by atoms with E-state index in [1.54, 1.807) is 4.90 Å². The first-order valence-electron chi connectivity index (χ1n) is 10.4. The van der Waals surface area contributed by atoms with E-state index in [2.05, 4.69) is 48.5 Å². The van der Waals surface area contributed by atoms with E-state index in [9.17, 15) is 9.59 Å². The van der Waals surface area contributed by atoms with Crippen LogP contribution in [-0.4, -0.2) is 35.5 Å². The summed E-state index contributed by atoms with van der Waals surface area (Å²) < 4.78 is 5.62. The number of amides is 1. The van der Waals surface area contributed by atoms with Crippen LogP contribution >= 0.6 is 0 Å². The molecule has 1 saturated heterocycles. The van der Waals surface area contributed by atoms with E-state index in [1.165, 1.54) is 11.1 Å². The number of fused-ring (bicyclic) bond motifs is 1. The summed E-state index contributed by atoms with van der Waals surface area (Å²) in [6.07, 6.45) is 0.978. The number of benzene rings is 2. The Morgan fingerprint density at radius 2 is 1.52 bits per heavy atom. The highest BCUT2D eigenvalue weighted by molar-refractivity contribution is 5.85. The van der Waals surface area contributed by atoms with E-state index in [1.807, 2.05) is 32.9 Å². The van der Waals surface area contributed by atoms with Gasteiger partial charge < -0.3 is 9.64 Å². The smallest absolute Gasteiger partial charge is 0.410 e. The highest BCUT2D eigenvalue weighted by Crippen LogP contribution is 2.52. The number of hydrogen-bond acceptors (Lipinski definition) is 3. The van der Waals surface area contributed by atoms with Gasteiger partial charge in [0.2, 0.25) is 0 Å². The van der Waals surface area contributed by atoms with Crippen molar-refractivity contribution in [3.63, 3.8) is 0 Å². The molecule has 1 aliphatic carbocycles. The quantitative estimate of drug-likeness (QED) is 0.737. The van der Waals surface area contributed by atoms with E-state index >= 15 is 0 Å². The van der Waals surface area contributed by atoms with Crippen molar-refractivity contribution in [3.05, 3.63) is 71.8 Å². The number of ketones is 1. The van der Waals surface area contributed by atoms with E-state index in [0.717, 1.165) is 6.42 Å². The van der Waals surface area contributed by atoms with Crippen molar-refractivity contribution in [2.24, 2.45) is 11.8 Å². The Labute approximate surface area is 172 Å². The lowest BCUT2D eigenvalue weighted by Gasteiger charge is -2.45. The summed E-state index contributed by atoms with van der Waals surface area (Å²) in [6.45, 7) is 6.60. The predicted octanol–water partition coefficient (Wildman–Crippen LogP) is 4.82. The lowest BCUT2D eigenvalue weighted by atomic mass is 9.56. The van der Waals surface area contributed by atoms with Gasteiger partial charge in [0.25, 0.3) is 0 Å². The Balaban J connectivity index is 1.77. The van der Waals surface area contributed by atoms with Crippen molar-refractivity contribution in [2.75, 3.05) is 13.1 Å². The molecular formula is C25H29NO3. The van der Waals surface area contributed by atoms with E-state index in [0.29, 0.717) is 19.5 Å². The number of hydrogen-bond donors (Lipinski definition) is 0. The van der Waals surface area contributed by atoms with Crippen LogP contribution in [0.3, 0.4) is 0 Å². The Morgan fingerprint density at radius 1 is 0.966 bits per heavy atom. The standard InChI is InChI=1S/C25H29NO3/c1-24(2,3)29-23(28)26-16-20-21(17-26)25(15-14-22(20)27,18-10-6-4-7-11-18)19-12-8-5-9-13-19/h4-13,20-21H,14-17H2,1-3H3/t20-,21+/m1/s1. The minimum Gasteiger partial charge on any atom is -0.444 e. The highest BCUT2D eigenvalue weighted by atomic mass is 16.6. The number of ether oxygens (including phenoxy) is 1. The molecule has 0 N–H and O–H groups in total. The molecule has 4 heteroatoms. The van der Waals surface area contributed by atoms with Crippen molar-refractivity contribution in [2.45, 2.75) is 44.6 Å². The average Bonchev–Trinajstić information content (AvgIpc) is 3.16. The fourth-order valence-electron chi connectivity index (χ4n) is 5.15. The Hall–Kier alpha value is -2.62. The van der Waals surface area contributed by atoms with Crippen LogP contribution in [0.2, 0.25) is 0 Å². The van der Waals surface area contributed by atoms with Crippen LogP contribution in [0.5, 0.6) is 0 Å². The summed E-state index contributed by atoms with van der Waals surface area (Å²) in [5.74, 6) is 0.154. The summed E-state index contributed by atoms with van der Waals surface area (Å²) in [4.78, 5) is 27.4. The molecule has 4 rings (SSSR count). The van der Waals surface area contributed by atoms with Crippen LogP contribution in [-0.2, 0) is 14.9 Å². The van der Waals surface area contributed by atoms with Gasteiger partial charge >= 0.3 is 6.09 Å². The first kappa shape index (κ1) is 19.7. The fraction of sp³-hybridized carbons (Fsp3) is 0.440. The number of carbonyl (C=O) groups is 2. The topological polar surface area (TPSA) is 46.6 Å². The third-order valence-corrected chi connectivity index (χ3v) is 6.36. The molecule has 2 aromatic rings. The van der Waals surface area contributed by atoms with Crippen LogP contribution < -0.4 is 0 Å². The number of nitrogens with zero attached hydrogens (tertiary/aromatic N) is 1. The Kier molecular flexibility index (Phi) is 4.97. The number of carbonyl (C=O) groups excluding carboxylic acids is 2. The molecule has 1 heterocycles. The van der Waals surface area contributed by atoms with Gasteiger partial charge in [0.15, 0.2) is 0 Å². The lowest BCUT2D eigenvalue weighted by molar-refractivity contribution is -0.126. The Morgan fingerprint density at radius 3 is 2.03 bits per heavy atom. The van der Waals surface area contributed by atoms with Crippen LogP contribution in [0.15, 0.2) is 60.7 Å². The maximum Gasteiger partial charge on any atom is 0.410 e. The maximum atomic E-state index is 12.9. The molecule has 29 heavy (non-hydrogen) atoms. The first-order chi connectivity index (χ1) is 13.8. The van der Waals surface area contributed by atoms with Gasteiger partial charge in [-0.15, -0.1) is 0 Å². The molecule has 0 radical (unpaired) electrons. The summed E-state index contributed by atoms with van der Waals surface area (Å²) in [7, 11) is 0. The molecule has 0 bridgehead atoms. The third-order valence-electron chi connectivity index (χ3n) is 6.36. The summed E-state index contributed by atoms with van der Waals surface area (Å²) in [5, 5.41) is 0. The Bertz CT molecular complexity index is 846. The van der Waals surface area contributed by atoms with Crippen LogP contribution in [0.1, 0.15) is 44.7 Å². The molecule has 0 spiro atoms. The van der Waals surface area contributed by atoms with E-state index in [-0.39, 0.29) is 29.1 Å². The molecule has 1 saturated carbocycles. The molecule has 0 unspecified atom stereocenters. The van der Waals surface area contributed by atoms with Crippen LogP contribution in [0.25, 0.3) is 0 Å².